The number of rotatable bonds is 6. The second-order valence-corrected chi connectivity index (χ2v) is 12.2. The van der Waals surface area contributed by atoms with Crippen molar-refractivity contribution in [2.24, 2.45) is 4.99 Å². The molecule has 0 bridgehead atoms. The van der Waals surface area contributed by atoms with Crippen LogP contribution < -0.4 is 4.80 Å². The molecule has 0 aliphatic carbocycles. The number of fused-ring (bicyclic) bond motifs is 2. The zero-order valence-corrected chi connectivity index (χ0v) is 22.7. The van der Waals surface area contributed by atoms with Crippen molar-refractivity contribution in [1.29, 1.82) is 0 Å². The Kier molecular flexibility index (Phi) is 7.13. The van der Waals surface area contributed by atoms with Gasteiger partial charge in [0.2, 0.25) is 10.0 Å². The average molecular weight is 536 g/mol. The molecule has 0 saturated carbocycles. The third-order valence-corrected chi connectivity index (χ3v) is 9.55. The second kappa shape index (κ2) is 10.3. The van der Waals surface area contributed by atoms with Crippen LogP contribution in [-0.4, -0.2) is 43.5 Å². The number of nitrogens with zero attached hydrogens (tertiary/aromatic N) is 3. The van der Waals surface area contributed by atoms with Gasteiger partial charge in [0, 0.05) is 32.3 Å². The molecule has 192 valence electrons. The van der Waals surface area contributed by atoms with Crippen LogP contribution in [0.4, 0.5) is 0 Å². The number of methoxy groups -OCH3 is 1. The Hall–Kier alpha value is -3.11. The molecule has 0 N–H and O–H groups in total. The van der Waals surface area contributed by atoms with Crippen molar-refractivity contribution < 1.29 is 17.9 Å². The van der Waals surface area contributed by atoms with Gasteiger partial charge in [0.15, 0.2) is 4.80 Å². The number of benzene rings is 3. The molecule has 1 aliphatic rings. The van der Waals surface area contributed by atoms with Gasteiger partial charge >= 0.3 is 0 Å². The van der Waals surface area contributed by atoms with Gasteiger partial charge in [-0.1, -0.05) is 41.7 Å². The second-order valence-electron chi connectivity index (χ2n) is 9.26. The molecule has 0 unspecified atom stereocenters. The normalized spacial score (nSPS) is 14.7. The highest BCUT2D eigenvalue weighted by Crippen LogP contribution is 2.26. The standard InChI is InChI=1S/C28H29N3O4S2/c1-19-16-20(2)26-25(17-19)36-28(31(26)14-15-35-3)29-27(32)22-8-10-24(11-9-22)37(33,34)30-13-12-21-6-4-5-7-23(21)18-30/h4-11,16-17H,12-15,18H2,1-3H3. The molecule has 0 spiro atoms. The zero-order valence-electron chi connectivity index (χ0n) is 21.1. The highest BCUT2D eigenvalue weighted by molar-refractivity contribution is 7.89. The summed E-state index contributed by atoms with van der Waals surface area (Å²) in [5, 5.41) is 0. The molecule has 0 saturated heterocycles. The molecule has 9 heteroatoms. The molecule has 0 fully saturated rings. The van der Waals surface area contributed by atoms with Gasteiger partial charge in [-0.15, -0.1) is 0 Å². The Morgan fingerprint density at radius 1 is 1.05 bits per heavy atom. The summed E-state index contributed by atoms with van der Waals surface area (Å²) < 4.78 is 36.4. The van der Waals surface area contributed by atoms with E-state index in [1.54, 1.807) is 19.2 Å². The van der Waals surface area contributed by atoms with Crippen molar-refractivity contribution >= 4 is 37.5 Å². The quantitative estimate of drug-likeness (QED) is 0.365. The van der Waals surface area contributed by atoms with Crippen molar-refractivity contribution in [2.45, 2.75) is 38.3 Å². The van der Waals surface area contributed by atoms with E-state index in [9.17, 15) is 13.2 Å². The predicted molar refractivity (Wildman–Crippen MR) is 145 cm³/mol. The molecule has 37 heavy (non-hydrogen) atoms. The summed E-state index contributed by atoms with van der Waals surface area (Å²) in [5.74, 6) is -0.414. The highest BCUT2D eigenvalue weighted by Gasteiger charge is 2.28. The number of carbonyl (C=O) groups is 1. The number of sulfonamides is 1. The number of aromatic nitrogens is 1. The van der Waals surface area contributed by atoms with Crippen LogP contribution in [0, 0.1) is 13.8 Å². The first-order valence-corrected chi connectivity index (χ1v) is 14.4. The Morgan fingerprint density at radius 3 is 2.51 bits per heavy atom. The number of amides is 1. The molecule has 5 rings (SSSR count). The third-order valence-electron chi connectivity index (χ3n) is 6.66. The molecule has 2 heterocycles. The van der Waals surface area contributed by atoms with E-state index >= 15 is 0 Å². The van der Waals surface area contributed by atoms with Crippen molar-refractivity contribution in [2.75, 3.05) is 20.3 Å². The number of aryl methyl sites for hydroxylation is 2. The van der Waals surface area contributed by atoms with Crippen LogP contribution >= 0.6 is 11.3 Å². The van der Waals surface area contributed by atoms with Gasteiger partial charge in [0.05, 0.1) is 21.7 Å². The average Bonchev–Trinajstić information content (AvgIpc) is 3.23. The first kappa shape index (κ1) is 25.5. The third kappa shape index (κ3) is 5.04. The van der Waals surface area contributed by atoms with E-state index < -0.39 is 15.9 Å². The fourth-order valence-electron chi connectivity index (χ4n) is 4.81. The molecule has 1 aliphatic heterocycles. The van der Waals surface area contributed by atoms with Gasteiger partial charge < -0.3 is 9.30 Å². The zero-order chi connectivity index (χ0) is 26.2. The van der Waals surface area contributed by atoms with Crippen LogP contribution in [0.5, 0.6) is 0 Å². The van der Waals surface area contributed by atoms with E-state index in [0.29, 0.717) is 43.0 Å². The molecule has 1 amide bonds. The van der Waals surface area contributed by atoms with Gasteiger partial charge in [-0.2, -0.15) is 9.30 Å². The van der Waals surface area contributed by atoms with E-state index in [-0.39, 0.29) is 4.90 Å². The van der Waals surface area contributed by atoms with E-state index in [1.165, 1.54) is 33.3 Å². The lowest BCUT2D eigenvalue weighted by Crippen LogP contribution is -2.35. The van der Waals surface area contributed by atoms with Crippen LogP contribution in [0.15, 0.2) is 70.6 Å². The maximum atomic E-state index is 13.3. The first-order chi connectivity index (χ1) is 17.8. The van der Waals surface area contributed by atoms with Crippen LogP contribution in [0.1, 0.15) is 32.6 Å². The van der Waals surface area contributed by atoms with E-state index in [1.807, 2.05) is 35.8 Å². The van der Waals surface area contributed by atoms with Crippen molar-refractivity contribution in [3.05, 3.63) is 93.3 Å². The SMILES string of the molecule is COCCn1c(=NC(=O)c2ccc(S(=O)(=O)N3CCc4ccccc4C3)cc2)sc2cc(C)cc(C)c21. The Bertz CT molecular complexity index is 1650. The molecule has 4 aromatic rings. The maximum absolute atomic E-state index is 13.3. The molecular formula is C28H29N3O4S2. The summed E-state index contributed by atoms with van der Waals surface area (Å²) in [6.45, 7) is 5.95. The number of hydrogen-bond acceptors (Lipinski definition) is 5. The number of carbonyl (C=O) groups excluding carboxylic acids is 1. The molecule has 3 aromatic carbocycles. The summed E-state index contributed by atoms with van der Waals surface area (Å²) in [5.41, 5.74) is 5.86. The first-order valence-electron chi connectivity index (χ1n) is 12.1. The lowest BCUT2D eigenvalue weighted by molar-refractivity contribution is 0.0997. The summed E-state index contributed by atoms with van der Waals surface area (Å²) in [6, 6.07) is 18.2. The number of thiazole rings is 1. The van der Waals surface area contributed by atoms with E-state index in [2.05, 4.69) is 24.0 Å². The van der Waals surface area contributed by atoms with Gasteiger partial charge in [-0.25, -0.2) is 8.42 Å². The number of hydrogen-bond donors (Lipinski definition) is 0. The van der Waals surface area contributed by atoms with E-state index in [4.69, 9.17) is 4.74 Å². The molecule has 1 aromatic heterocycles. The number of ether oxygens (including phenoxy) is 1. The lowest BCUT2D eigenvalue weighted by atomic mass is 10.0. The van der Waals surface area contributed by atoms with Crippen LogP contribution in [-0.2, 0) is 34.3 Å². The van der Waals surface area contributed by atoms with Crippen molar-refractivity contribution in [1.82, 2.24) is 8.87 Å². The fourth-order valence-corrected chi connectivity index (χ4v) is 7.46. The lowest BCUT2D eigenvalue weighted by Gasteiger charge is -2.28. The summed E-state index contributed by atoms with van der Waals surface area (Å²) in [4.78, 5) is 18.3. The van der Waals surface area contributed by atoms with Crippen LogP contribution in [0.3, 0.4) is 0 Å². The minimum Gasteiger partial charge on any atom is -0.383 e. The Morgan fingerprint density at radius 2 is 1.78 bits per heavy atom. The molecule has 7 nitrogen and oxygen atoms in total. The van der Waals surface area contributed by atoms with Gasteiger partial charge in [0.1, 0.15) is 0 Å². The minimum absolute atomic E-state index is 0.173. The fraction of sp³-hybridized carbons (Fsp3) is 0.286. The van der Waals surface area contributed by atoms with Crippen molar-refractivity contribution in [3.63, 3.8) is 0 Å². The highest BCUT2D eigenvalue weighted by atomic mass is 32.2. The monoisotopic (exact) mass is 535 g/mol. The van der Waals surface area contributed by atoms with Crippen molar-refractivity contribution in [3.8, 4) is 0 Å². The van der Waals surface area contributed by atoms with Gasteiger partial charge in [-0.3, -0.25) is 4.79 Å². The smallest absolute Gasteiger partial charge is 0.279 e. The van der Waals surface area contributed by atoms with Crippen LogP contribution in [0.2, 0.25) is 0 Å². The summed E-state index contributed by atoms with van der Waals surface area (Å²) >= 11 is 1.46. The van der Waals surface area contributed by atoms with Crippen LogP contribution in [0.25, 0.3) is 10.2 Å². The van der Waals surface area contributed by atoms with E-state index in [0.717, 1.165) is 26.9 Å². The summed E-state index contributed by atoms with van der Waals surface area (Å²) in [6.07, 6.45) is 0.683. The maximum Gasteiger partial charge on any atom is 0.279 e. The largest absolute Gasteiger partial charge is 0.383 e. The van der Waals surface area contributed by atoms with Gasteiger partial charge in [-0.05, 0) is 72.9 Å². The molecule has 0 radical (unpaired) electrons. The Labute approximate surface area is 220 Å². The molecular weight excluding hydrogens is 506 g/mol. The van der Waals surface area contributed by atoms with Gasteiger partial charge in [0.25, 0.3) is 5.91 Å². The molecule has 0 atom stereocenters. The summed E-state index contributed by atoms with van der Waals surface area (Å²) in [7, 11) is -2.03. The Balaban J connectivity index is 1.43. The topological polar surface area (TPSA) is 81.0 Å². The predicted octanol–water partition coefficient (Wildman–Crippen LogP) is 4.45. The minimum atomic E-state index is -3.67.